The normalized spacial score (nSPS) is 12.5. The van der Waals surface area contributed by atoms with E-state index in [4.69, 9.17) is 5.26 Å². The van der Waals surface area contributed by atoms with Crippen molar-refractivity contribution >= 4 is 21.7 Å². The molecule has 0 saturated heterocycles. The molecule has 2 rings (SSSR count). The molecule has 0 aromatic heterocycles. The van der Waals surface area contributed by atoms with Crippen molar-refractivity contribution in [3.8, 4) is 6.07 Å². The Hall–Kier alpha value is -3.46. The van der Waals surface area contributed by atoms with Crippen molar-refractivity contribution in [2.75, 3.05) is 13.1 Å². The Morgan fingerprint density at radius 1 is 1.06 bits per heavy atom. The second-order valence-corrected chi connectivity index (χ2v) is 8.74. The van der Waals surface area contributed by atoms with Gasteiger partial charge >= 0.3 is 6.18 Å². The van der Waals surface area contributed by atoms with Gasteiger partial charge in [-0.2, -0.15) is 18.4 Å². The minimum Gasteiger partial charge on any atom is -0.350 e. The molecule has 0 spiro atoms. The van der Waals surface area contributed by atoms with Crippen LogP contribution in [0.1, 0.15) is 21.5 Å². The molecule has 2 amide bonds. The lowest BCUT2D eigenvalue weighted by molar-refractivity contribution is -0.137. The highest BCUT2D eigenvalue weighted by molar-refractivity contribution is 7.92. The van der Waals surface area contributed by atoms with Crippen LogP contribution in [0.5, 0.6) is 0 Å². The molecule has 0 heterocycles. The van der Waals surface area contributed by atoms with Crippen molar-refractivity contribution in [2.24, 2.45) is 0 Å². The van der Waals surface area contributed by atoms with Crippen LogP contribution in [0.4, 0.5) is 17.6 Å². The van der Waals surface area contributed by atoms with Crippen molar-refractivity contribution in [3.05, 3.63) is 71.0 Å². The zero-order chi connectivity index (χ0) is 23.9. The van der Waals surface area contributed by atoms with Gasteiger partial charge in [0.25, 0.3) is 5.91 Å². The van der Waals surface area contributed by atoms with E-state index in [1.54, 1.807) is 24.3 Å². The third-order valence-corrected chi connectivity index (χ3v) is 6.25. The second-order valence-electron chi connectivity index (χ2n) is 6.55. The molecule has 7 nitrogen and oxygen atoms in total. The lowest BCUT2D eigenvalue weighted by atomic mass is 10.1. The molecule has 0 fully saturated rings. The number of alkyl halides is 3. The van der Waals surface area contributed by atoms with Gasteiger partial charge in [-0.05, 0) is 24.3 Å². The van der Waals surface area contributed by atoms with E-state index in [9.17, 15) is 35.6 Å². The van der Waals surface area contributed by atoms with E-state index in [2.05, 4.69) is 10.6 Å². The standard InChI is InChI=1S/C20H17F4N3O4S/c21-16-10-15(20(22,23)24)7-6-14(16)12-32(30,31)17(19(29)26-9-8-25)11-27-18(28)13-4-2-1-3-5-13/h1-7,10,17H,9,11-12H2,(H,26,29)(H,27,28). The number of carbonyl (C=O) groups is 2. The predicted molar refractivity (Wildman–Crippen MR) is 105 cm³/mol. The Morgan fingerprint density at radius 2 is 1.72 bits per heavy atom. The number of hydrogen-bond donors (Lipinski definition) is 2. The van der Waals surface area contributed by atoms with E-state index in [1.807, 2.05) is 0 Å². The quantitative estimate of drug-likeness (QED) is 0.452. The molecule has 0 aliphatic rings. The van der Waals surface area contributed by atoms with E-state index in [0.29, 0.717) is 12.1 Å². The molecule has 12 heteroatoms. The fourth-order valence-corrected chi connectivity index (χ4v) is 4.27. The average molecular weight is 471 g/mol. The third-order valence-electron chi connectivity index (χ3n) is 4.29. The molecule has 170 valence electrons. The summed E-state index contributed by atoms with van der Waals surface area (Å²) in [5.41, 5.74) is -1.69. The van der Waals surface area contributed by atoms with Gasteiger partial charge < -0.3 is 10.6 Å². The van der Waals surface area contributed by atoms with E-state index in [1.165, 1.54) is 12.1 Å². The van der Waals surface area contributed by atoms with Gasteiger partial charge in [0.1, 0.15) is 12.4 Å². The highest BCUT2D eigenvalue weighted by Crippen LogP contribution is 2.30. The number of rotatable bonds is 8. The summed E-state index contributed by atoms with van der Waals surface area (Å²) in [6, 6.07) is 10.6. The lowest BCUT2D eigenvalue weighted by Crippen LogP contribution is -2.47. The number of carbonyl (C=O) groups excluding carboxylic acids is 2. The Labute approximate surface area is 181 Å². The van der Waals surface area contributed by atoms with Crippen LogP contribution in [-0.4, -0.2) is 38.6 Å². The SMILES string of the molecule is N#CCNC(=O)C(CNC(=O)c1ccccc1)S(=O)(=O)Cc1ccc(C(F)(F)F)cc1F. The zero-order valence-corrected chi connectivity index (χ0v) is 17.1. The van der Waals surface area contributed by atoms with Gasteiger partial charge in [0.15, 0.2) is 15.1 Å². The average Bonchev–Trinajstić information content (AvgIpc) is 2.73. The summed E-state index contributed by atoms with van der Waals surface area (Å²) in [5.74, 6) is -4.30. The Kier molecular flexibility index (Phi) is 7.93. The first kappa shape index (κ1) is 24.8. The maximum atomic E-state index is 14.1. The van der Waals surface area contributed by atoms with Gasteiger partial charge in [0.05, 0.1) is 17.4 Å². The number of nitriles is 1. The molecule has 0 saturated carbocycles. The van der Waals surface area contributed by atoms with E-state index >= 15 is 0 Å². The van der Waals surface area contributed by atoms with Gasteiger partial charge in [0, 0.05) is 17.7 Å². The molecule has 2 aromatic carbocycles. The van der Waals surface area contributed by atoms with Crippen LogP contribution in [0.2, 0.25) is 0 Å². The van der Waals surface area contributed by atoms with Crippen LogP contribution in [0, 0.1) is 17.1 Å². The maximum Gasteiger partial charge on any atom is 0.416 e. The largest absolute Gasteiger partial charge is 0.416 e. The first-order valence-electron chi connectivity index (χ1n) is 9.01. The summed E-state index contributed by atoms with van der Waals surface area (Å²) in [6.45, 7) is -1.22. The molecule has 0 aliphatic heterocycles. The Balaban J connectivity index is 2.26. The molecule has 0 bridgehead atoms. The number of amides is 2. The monoisotopic (exact) mass is 471 g/mol. The molecule has 0 radical (unpaired) electrons. The summed E-state index contributed by atoms with van der Waals surface area (Å²) < 4.78 is 77.8. The maximum absolute atomic E-state index is 14.1. The topological polar surface area (TPSA) is 116 Å². The van der Waals surface area contributed by atoms with Gasteiger partial charge in [-0.1, -0.05) is 24.3 Å². The molecular formula is C20H17F4N3O4S. The van der Waals surface area contributed by atoms with E-state index < -0.39 is 68.9 Å². The summed E-state index contributed by atoms with van der Waals surface area (Å²) in [6.07, 6.45) is -4.82. The lowest BCUT2D eigenvalue weighted by Gasteiger charge is -2.18. The molecule has 2 N–H and O–H groups in total. The number of nitrogens with zero attached hydrogens (tertiary/aromatic N) is 1. The third kappa shape index (κ3) is 6.52. The number of nitrogens with one attached hydrogen (secondary N) is 2. The van der Waals surface area contributed by atoms with Gasteiger partial charge in [0.2, 0.25) is 5.91 Å². The zero-order valence-electron chi connectivity index (χ0n) is 16.3. The highest BCUT2D eigenvalue weighted by Gasteiger charge is 2.35. The van der Waals surface area contributed by atoms with Crippen molar-refractivity contribution < 1.29 is 35.6 Å². The minimum atomic E-state index is -4.82. The van der Waals surface area contributed by atoms with E-state index in [0.717, 1.165) is 0 Å². The molecular weight excluding hydrogens is 454 g/mol. The second kappa shape index (κ2) is 10.2. The van der Waals surface area contributed by atoms with Crippen LogP contribution in [0.3, 0.4) is 0 Å². The van der Waals surface area contributed by atoms with Crippen LogP contribution >= 0.6 is 0 Å². The van der Waals surface area contributed by atoms with Crippen LogP contribution in [0.25, 0.3) is 0 Å². The Morgan fingerprint density at radius 3 is 2.28 bits per heavy atom. The van der Waals surface area contributed by atoms with Crippen LogP contribution < -0.4 is 10.6 Å². The summed E-state index contributed by atoms with van der Waals surface area (Å²) in [5, 5.41) is 11.0. The van der Waals surface area contributed by atoms with Crippen molar-refractivity contribution in [1.29, 1.82) is 5.26 Å². The highest BCUT2D eigenvalue weighted by atomic mass is 32.2. The van der Waals surface area contributed by atoms with Crippen LogP contribution in [0.15, 0.2) is 48.5 Å². The molecule has 1 unspecified atom stereocenters. The van der Waals surface area contributed by atoms with Gasteiger partial charge in [-0.3, -0.25) is 9.59 Å². The van der Waals surface area contributed by atoms with Crippen molar-refractivity contribution in [1.82, 2.24) is 10.6 Å². The first-order valence-corrected chi connectivity index (χ1v) is 10.7. The summed E-state index contributed by atoms with van der Waals surface area (Å²) in [4.78, 5) is 24.5. The molecule has 32 heavy (non-hydrogen) atoms. The minimum absolute atomic E-state index is 0.160. The predicted octanol–water partition coefficient (Wildman–Crippen LogP) is 2.20. The molecule has 1 atom stereocenters. The van der Waals surface area contributed by atoms with E-state index in [-0.39, 0.29) is 11.6 Å². The summed E-state index contributed by atoms with van der Waals surface area (Å²) >= 11 is 0. The fourth-order valence-electron chi connectivity index (χ4n) is 2.66. The van der Waals surface area contributed by atoms with Crippen molar-refractivity contribution in [3.63, 3.8) is 0 Å². The first-order chi connectivity index (χ1) is 15.0. The summed E-state index contributed by atoms with van der Waals surface area (Å²) in [7, 11) is -4.51. The van der Waals surface area contributed by atoms with Crippen LogP contribution in [-0.2, 0) is 26.6 Å². The molecule has 2 aromatic rings. The number of benzene rings is 2. The Bertz CT molecular complexity index is 1130. The smallest absolute Gasteiger partial charge is 0.350 e. The number of hydrogen-bond acceptors (Lipinski definition) is 5. The van der Waals surface area contributed by atoms with Crippen molar-refractivity contribution in [2.45, 2.75) is 17.2 Å². The fraction of sp³-hybridized carbons (Fsp3) is 0.250. The number of halogens is 4. The number of sulfone groups is 1. The van der Waals surface area contributed by atoms with Gasteiger partial charge in [-0.25, -0.2) is 12.8 Å². The van der Waals surface area contributed by atoms with Gasteiger partial charge in [-0.15, -0.1) is 0 Å². The molecule has 0 aliphatic carbocycles.